The smallest absolute Gasteiger partial charge is 0.248 e. The highest BCUT2D eigenvalue weighted by Crippen LogP contribution is 2.47. The number of ether oxygens (including phenoxy) is 3. The Labute approximate surface area is 550 Å². The molecule has 20 N–H and O–H groups in total. The van der Waals surface area contributed by atoms with Crippen LogP contribution in [0, 0.1) is 0 Å². The van der Waals surface area contributed by atoms with Gasteiger partial charge in [0.25, 0.3) is 0 Å². The topological polar surface area (TPSA) is 449 Å². The number of phenolic OH excluding ortho intramolecular Hbond substituents is 6. The molecule has 8 atom stereocenters. The molecule has 7 aromatic carbocycles. The normalized spacial score (nSPS) is 19.9. The number of hydrogen-bond acceptors (Lipinski definition) is 21. The van der Waals surface area contributed by atoms with Crippen LogP contribution in [-0.4, -0.2) is 128 Å². The first-order valence-corrected chi connectivity index (χ1v) is 30.4. The summed E-state index contributed by atoms with van der Waals surface area (Å²) < 4.78 is 18.5. The Kier molecular flexibility index (Phi) is 20.9. The van der Waals surface area contributed by atoms with Gasteiger partial charge in [0.2, 0.25) is 47.1 Å². The molecule has 8 unspecified atom stereocenters. The number of carbonyl (C=O) groups excluding carboxylic acids is 7. The lowest BCUT2D eigenvalue weighted by atomic mass is 9.97. The molecule has 5 heterocycles. The summed E-state index contributed by atoms with van der Waals surface area (Å²) in [6.45, 7) is 2.61. The molecule has 13 bridgehead atoms. The maximum Gasteiger partial charge on any atom is 0.248 e. The minimum Gasteiger partial charge on any atom is -0.508 e. The summed E-state index contributed by atoms with van der Waals surface area (Å²) in [6.07, 6.45) is -1.71. The Hall–Kier alpha value is -10.6. The number of benzene rings is 7. The van der Waals surface area contributed by atoms with Gasteiger partial charge >= 0.3 is 0 Å². The van der Waals surface area contributed by atoms with Gasteiger partial charge in [-0.1, -0.05) is 53.5 Å². The molecule has 0 aromatic heterocycles. The lowest BCUT2D eigenvalue weighted by Gasteiger charge is -2.30. The highest BCUT2D eigenvalue weighted by atomic mass is 35.5. The van der Waals surface area contributed by atoms with Crippen molar-refractivity contribution in [2.75, 3.05) is 39.3 Å². The SMILES string of the molecule is NCCNCCCNCCNC(=O)C(NC(=O)C1NC(=O)C(c2ccc(O)cc2)NC(=O)C2NC(=O)C3NC(=O)C(Cc4ccc(c(Cl)c4)Oc4cc2cc(c4O)Oc2ccc(cc2Cl)C1O)NC(=O)C(N)c1ccc(O)c(c1)Oc1cc(O)cc3c1)c1cc(O)cc(O)c1. The van der Waals surface area contributed by atoms with E-state index in [1.165, 1.54) is 66.7 Å². The highest BCUT2D eigenvalue weighted by molar-refractivity contribution is 6.32. The number of nitrogens with two attached hydrogens (primary N) is 2. The van der Waals surface area contributed by atoms with Gasteiger partial charge in [-0.25, -0.2) is 0 Å². The van der Waals surface area contributed by atoms with Gasteiger partial charge in [0, 0.05) is 44.7 Å². The van der Waals surface area contributed by atoms with Crippen molar-refractivity contribution in [2.45, 2.75) is 61.2 Å². The molecular weight excluding hydrogens is 1280 g/mol. The summed E-state index contributed by atoms with van der Waals surface area (Å²) in [5.74, 6) is -12.7. The van der Waals surface area contributed by atoms with Gasteiger partial charge in [-0.05, 0) is 143 Å². The third-order valence-corrected chi connectivity index (χ3v) is 16.1. The van der Waals surface area contributed by atoms with Crippen LogP contribution in [0.15, 0.2) is 127 Å². The fourth-order valence-electron chi connectivity index (χ4n) is 10.7. The van der Waals surface area contributed by atoms with Crippen LogP contribution in [0.1, 0.15) is 81.7 Å². The van der Waals surface area contributed by atoms with E-state index < -0.39 is 130 Å². The minimum absolute atomic E-state index is 0.00742. The summed E-state index contributed by atoms with van der Waals surface area (Å²) in [5, 5.41) is 102. The molecule has 0 radical (unpaired) electrons. The van der Waals surface area contributed by atoms with E-state index in [1.807, 2.05) is 0 Å². The van der Waals surface area contributed by atoms with E-state index in [-0.39, 0.29) is 91.7 Å². The molecule has 7 aromatic rings. The number of nitrogens with one attached hydrogen (secondary N) is 9. The summed E-state index contributed by atoms with van der Waals surface area (Å²) in [6, 6.07) is 12.1. The van der Waals surface area contributed by atoms with Crippen LogP contribution < -0.4 is 73.5 Å². The van der Waals surface area contributed by atoms with E-state index in [1.54, 1.807) is 0 Å². The quantitative estimate of drug-likeness (QED) is 0.0692. The Morgan fingerprint density at radius 2 is 1.09 bits per heavy atom. The van der Waals surface area contributed by atoms with Crippen molar-refractivity contribution in [3.8, 4) is 69.0 Å². The second-order valence-electron chi connectivity index (χ2n) is 22.4. The van der Waals surface area contributed by atoms with Gasteiger partial charge in [-0.15, -0.1) is 0 Å². The van der Waals surface area contributed by atoms with E-state index >= 15 is 19.2 Å². The number of aliphatic hydroxyl groups is 1. The van der Waals surface area contributed by atoms with E-state index in [2.05, 4.69) is 47.9 Å². The zero-order valence-electron chi connectivity index (χ0n) is 50.0. The number of halogens is 2. The molecule has 0 spiro atoms. The monoisotopic (exact) mass is 1340 g/mol. The van der Waals surface area contributed by atoms with Gasteiger partial charge in [-0.2, -0.15) is 0 Å². The number of phenols is 6. The number of amides is 7. The van der Waals surface area contributed by atoms with Crippen molar-refractivity contribution in [3.05, 3.63) is 176 Å². The van der Waals surface area contributed by atoms with Crippen LogP contribution in [0.3, 0.4) is 0 Å². The molecule has 0 saturated heterocycles. The molecule has 0 fully saturated rings. The predicted octanol–water partition coefficient (Wildman–Crippen LogP) is 3.56. The van der Waals surface area contributed by atoms with Crippen molar-refractivity contribution >= 4 is 64.6 Å². The lowest BCUT2D eigenvalue weighted by Crippen LogP contribution is -2.55. The predicted molar refractivity (Wildman–Crippen MR) is 341 cm³/mol. The van der Waals surface area contributed by atoms with Gasteiger partial charge in [-0.3, -0.25) is 33.6 Å². The van der Waals surface area contributed by atoms with Crippen molar-refractivity contribution in [1.29, 1.82) is 0 Å². The van der Waals surface area contributed by atoms with Crippen molar-refractivity contribution in [3.63, 3.8) is 0 Å². The van der Waals surface area contributed by atoms with Crippen LogP contribution in [-0.2, 0) is 40.0 Å². The lowest BCUT2D eigenvalue weighted by molar-refractivity contribution is -0.137. The molecule has 0 aliphatic carbocycles. The molecular formula is C65H65Cl2N11O17. The number of fused-ring (bicyclic) bond motifs is 15. The summed E-state index contributed by atoms with van der Waals surface area (Å²) in [4.78, 5) is 105. The summed E-state index contributed by atoms with van der Waals surface area (Å²) in [7, 11) is 0. The Morgan fingerprint density at radius 3 is 1.75 bits per heavy atom. The first-order chi connectivity index (χ1) is 45.5. The maximum atomic E-state index is 15.7. The molecule has 5 aliphatic rings. The molecule has 5 aliphatic heterocycles. The van der Waals surface area contributed by atoms with Crippen LogP contribution in [0.25, 0.3) is 0 Å². The van der Waals surface area contributed by atoms with Crippen molar-refractivity contribution < 1.29 is 83.5 Å². The maximum absolute atomic E-state index is 15.7. The van der Waals surface area contributed by atoms with Crippen molar-refractivity contribution in [1.82, 2.24) is 47.9 Å². The third kappa shape index (κ3) is 16.1. The molecule has 28 nitrogen and oxygen atoms in total. The molecule has 30 heteroatoms. The fourth-order valence-corrected chi connectivity index (χ4v) is 11.2. The second kappa shape index (κ2) is 29.6. The van der Waals surface area contributed by atoms with Crippen LogP contribution in [0.2, 0.25) is 10.0 Å². The van der Waals surface area contributed by atoms with Crippen LogP contribution >= 0.6 is 23.2 Å². The fraction of sp³-hybridized carbons (Fsp3) is 0.246. The minimum atomic E-state index is -2.16. The Balaban J connectivity index is 1.09. The molecule has 95 heavy (non-hydrogen) atoms. The zero-order valence-corrected chi connectivity index (χ0v) is 51.5. The van der Waals surface area contributed by atoms with E-state index in [0.29, 0.717) is 31.7 Å². The Bertz CT molecular complexity index is 4090. The summed E-state index contributed by atoms with van der Waals surface area (Å²) >= 11 is 13.8. The van der Waals surface area contributed by atoms with Gasteiger partial charge in [0.15, 0.2) is 23.0 Å². The third-order valence-electron chi connectivity index (χ3n) is 15.5. The first kappa shape index (κ1) is 67.3. The average Bonchev–Trinajstić information content (AvgIpc) is 0.884. The molecule has 496 valence electrons. The highest BCUT2D eigenvalue weighted by Gasteiger charge is 2.40. The van der Waals surface area contributed by atoms with Gasteiger partial charge < -0.3 is 109 Å². The van der Waals surface area contributed by atoms with E-state index in [0.717, 1.165) is 67.1 Å². The number of rotatable bonds is 14. The molecule has 7 amide bonds. The van der Waals surface area contributed by atoms with E-state index in [4.69, 9.17) is 48.9 Å². The van der Waals surface area contributed by atoms with Crippen LogP contribution in [0.4, 0.5) is 0 Å². The van der Waals surface area contributed by atoms with Crippen LogP contribution in [0.5, 0.6) is 69.0 Å². The standard InChI is InChI=1S/C65H65Cl2N11O17/c66-42-18-30-2-10-46(42)94-49-26-36-27-50(58(49)85)95-47-11-6-33(24-43(47)67)57(84)56(65(92)76-53(34-20-38(80)28-39(81)21-34)61(88)72-17-16-71-14-1-13-70-15-12-68)78-62(89)52(31-3-7-37(79)8-4-31)75-64(91)55(36)77-63(90)54-35-22-40(82)29-41(23-35)93-48-25-32(5-9-45(48)83)51(69)60(87)73-44(19-30)59(86)74-54/h2-11,18,20-29,44,51-57,70-71,79-85H,1,12-17,19,68-69H2,(H,72,88)(H,73,87)(H,74,86)(H,75,91)(H,76,92)(H,77,90)(H,78,89). The number of aliphatic hydroxyl groups excluding tert-OH is 1. The number of carbonyl (C=O) groups is 7. The summed E-state index contributed by atoms with van der Waals surface area (Å²) in [5.41, 5.74) is 11.5. The van der Waals surface area contributed by atoms with Gasteiger partial charge in [0.05, 0.1) is 10.0 Å². The zero-order chi connectivity index (χ0) is 67.8. The average molecular weight is 1340 g/mol. The van der Waals surface area contributed by atoms with E-state index in [9.17, 15) is 50.1 Å². The Morgan fingerprint density at radius 1 is 0.526 bits per heavy atom. The largest absolute Gasteiger partial charge is 0.508 e. The first-order valence-electron chi connectivity index (χ1n) is 29.6. The second-order valence-corrected chi connectivity index (χ2v) is 23.2. The molecule has 12 rings (SSSR count). The molecule has 0 saturated carbocycles. The number of aromatic hydroxyl groups is 6. The van der Waals surface area contributed by atoms with Gasteiger partial charge in [0.1, 0.15) is 88.6 Å². The van der Waals surface area contributed by atoms with Crippen molar-refractivity contribution in [2.24, 2.45) is 11.5 Å². The number of hydrogen-bond donors (Lipinski definition) is 18.